The van der Waals surface area contributed by atoms with Crippen molar-refractivity contribution in [3.05, 3.63) is 22.5 Å². The number of carbonyl (C=O) groups is 2. The van der Waals surface area contributed by atoms with E-state index < -0.39 is 0 Å². The van der Waals surface area contributed by atoms with Crippen LogP contribution in [0.2, 0.25) is 0 Å². The number of carbonyl (C=O) groups excluding carboxylic acids is 2. The van der Waals surface area contributed by atoms with Gasteiger partial charge in [0.1, 0.15) is 0 Å². The van der Waals surface area contributed by atoms with Gasteiger partial charge >= 0.3 is 5.97 Å². The molecule has 0 bridgehead atoms. The van der Waals surface area contributed by atoms with E-state index in [1.807, 2.05) is 0 Å². The first kappa shape index (κ1) is 14.0. The average molecular weight is 251 g/mol. The first-order valence-electron chi connectivity index (χ1n) is 5.63. The second-order valence-electron chi connectivity index (χ2n) is 3.81. The topological polar surface area (TPSA) is 83.6 Å². The van der Waals surface area contributed by atoms with Gasteiger partial charge in [0.15, 0.2) is 0 Å². The van der Waals surface area contributed by atoms with Crippen LogP contribution in [-0.4, -0.2) is 29.7 Å². The smallest absolute Gasteiger partial charge is 0.340 e. The number of nitrogens with one attached hydrogen (secondary N) is 2. The Bertz CT molecular complexity index is 489. The Labute approximate surface area is 105 Å². The van der Waals surface area contributed by atoms with Crippen LogP contribution in [0.25, 0.3) is 0 Å². The fraction of sp³-hybridized carbons (Fsp3) is 0.417. The summed E-state index contributed by atoms with van der Waals surface area (Å²) in [6.07, 6.45) is 1.46. The second kappa shape index (κ2) is 6.00. The van der Waals surface area contributed by atoms with Crippen molar-refractivity contribution >= 4 is 18.1 Å². The highest BCUT2D eigenvalue weighted by Gasteiger charge is 2.18. The maximum atomic E-state index is 11.7. The standard InChI is InChI=1S/C12H17N3O3/c1-5-18-12(17)11-7(2)10(14-8(11)3)6-13-15-9(4)16/h6,14H,5H2,1-4H3,(H,15,16)/b13-6+. The van der Waals surface area contributed by atoms with E-state index in [2.05, 4.69) is 15.5 Å². The van der Waals surface area contributed by atoms with Gasteiger partial charge in [-0.3, -0.25) is 4.79 Å². The molecule has 1 heterocycles. The number of hydrogen-bond donors (Lipinski definition) is 2. The highest BCUT2D eigenvalue weighted by molar-refractivity contribution is 5.96. The number of hydrogen-bond acceptors (Lipinski definition) is 4. The van der Waals surface area contributed by atoms with Gasteiger partial charge in [0.2, 0.25) is 5.91 Å². The molecule has 0 spiro atoms. The second-order valence-corrected chi connectivity index (χ2v) is 3.81. The fourth-order valence-electron chi connectivity index (χ4n) is 1.60. The molecular formula is C12H17N3O3. The van der Waals surface area contributed by atoms with Crippen LogP contribution in [0.5, 0.6) is 0 Å². The third kappa shape index (κ3) is 3.19. The van der Waals surface area contributed by atoms with Gasteiger partial charge in [0.25, 0.3) is 0 Å². The van der Waals surface area contributed by atoms with Crippen LogP contribution in [0.15, 0.2) is 5.10 Å². The molecule has 0 fully saturated rings. The Morgan fingerprint density at radius 1 is 1.44 bits per heavy atom. The minimum atomic E-state index is -0.358. The minimum Gasteiger partial charge on any atom is -0.462 e. The molecule has 1 aromatic heterocycles. The van der Waals surface area contributed by atoms with Crippen LogP contribution in [0.4, 0.5) is 0 Å². The predicted molar refractivity (Wildman–Crippen MR) is 67.6 cm³/mol. The molecule has 18 heavy (non-hydrogen) atoms. The van der Waals surface area contributed by atoms with E-state index in [4.69, 9.17) is 4.74 Å². The number of ether oxygens (including phenoxy) is 1. The molecule has 0 aromatic carbocycles. The first-order chi connectivity index (χ1) is 8.47. The van der Waals surface area contributed by atoms with Crippen molar-refractivity contribution in [1.29, 1.82) is 0 Å². The molecular weight excluding hydrogens is 234 g/mol. The molecule has 6 nitrogen and oxygen atoms in total. The average Bonchev–Trinajstić information content (AvgIpc) is 2.54. The van der Waals surface area contributed by atoms with Crippen molar-refractivity contribution in [2.45, 2.75) is 27.7 Å². The first-order valence-corrected chi connectivity index (χ1v) is 5.63. The number of rotatable bonds is 4. The summed E-state index contributed by atoms with van der Waals surface area (Å²) in [7, 11) is 0. The lowest BCUT2D eigenvalue weighted by Gasteiger charge is -2.01. The molecule has 0 saturated carbocycles. The molecule has 0 atom stereocenters. The number of hydrazone groups is 1. The molecule has 2 N–H and O–H groups in total. The van der Waals surface area contributed by atoms with E-state index in [-0.39, 0.29) is 11.9 Å². The predicted octanol–water partition coefficient (Wildman–Crippen LogP) is 1.28. The summed E-state index contributed by atoms with van der Waals surface area (Å²) in [5, 5.41) is 3.75. The highest BCUT2D eigenvalue weighted by Crippen LogP contribution is 2.17. The molecule has 1 amide bonds. The van der Waals surface area contributed by atoms with Crippen LogP contribution >= 0.6 is 0 Å². The van der Waals surface area contributed by atoms with Crippen molar-refractivity contribution in [2.75, 3.05) is 6.61 Å². The number of H-pyrrole nitrogens is 1. The molecule has 0 aliphatic carbocycles. The lowest BCUT2D eigenvalue weighted by atomic mass is 10.1. The third-order valence-corrected chi connectivity index (χ3v) is 2.37. The van der Waals surface area contributed by atoms with Crippen LogP contribution < -0.4 is 5.43 Å². The van der Waals surface area contributed by atoms with Gasteiger partial charge in [-0.2, -0.15) is 5.10 Å². The molecule has 6 heteroatoms. The fourth-order valence-corrected chi connectivity index (χ4v) is 1.60. The van der Waals surface area contributed by atoms with Gasteiger partial charge in [-0.15, -0.1) is 0 Å². The maximum absolute atomic E-state index is 11.7. The van der Waals surface area contributed by atoms with Gasteiger partial charge in [0.05, 0.1) is 24.1 Å². The zero-order valence-electron chi connectivity index (χ0n) is 11.0. The van der Waals surface area contributed by atoms with Crippen molar-refractivity contribution < 1.29 is 14.3 Å². The van der Waals surface area contributed by atoms with E-state index in [1.165, 1.54) is 13.1 Å². The number of aromatic nitrogens is 1. The van der Waals surface area contributed by atoms with Gasteiger partial charge in [-0.1, -0.05) is 0 Å². The van der Waals surface area contributed by atoms with Gasteiger partial charge in [-0.05, 0) is 26.3 Å². The summed E-state index contributed by atoms with van der Waals surface area (Å²) >= 11 is 0. The van der Waals surface area contributed by atoms with Gasteiger partial charge in [-0.25, -0.2) is 10.2 Å². The van der Waals surface area contributed by atoms with Crippen LogP contribution in [0, 0.1) is 13.8 Å². The quantitative estimate of drug-likeness (QED) is 0.480. The zero-order chi connectivity index (χ0) is 13.7. The molecule has 98 valence electrons. The summed E-state index contributed by atoms with van der Waals surface area (Å²) in [5.41, 5.74) is 4.95. The van der Waals surface area contributed by atoms with E-state index in [0.717, 1.165) is 11.3 Å². The number of esters is 1. The van der Waals surface area contributed by atoms with Crippen molar-refractivity contribution in [1.82, 2.24) is 10.4 Å². The SMILES string of the molecule is CCOC(=O)c1c(C)[nH]c(/C=N/NC(C)=O)c1C. The lowest BCUT2D eigenvalue weighted by molar-refractivity contribution is -0.118. The Kier molecular flexibility index (Phi) is 4.65. The molecule has 0 unspecified atom stereocenters. The molecule has 1 rings (SSSR count). The van der Waals surface area contributed by atoms with E-state index in [0.29, 0.717) is 17.9 Å². The van der Waals surface area contributed by atoms with Crippen molar-refractivity contribution in [3.8, 4) is 0 Å². The highest BCUT2D eigenvalue weighted by atomic mass is 16.5. The lowest BCUT2D eigenvalue weighted by Crippen LogP contribution is -2.12. The number of aryl methyl sites for hydroxylation is 1. The van der Waals surface area contributed by atoms with E-state index in [9.17, 15) is 9.59 Å². The van der Waals surface area contributed by atoms with Gasteiger partial charge in [0, 0.05) is 12.6 Å². The van der Waals surface area contributed by atoms with Crippen molar-refractivity contribution in [3.63, 3.8) is 0 Å². The molecule has 1 aromatic rings. The molecule has 0 radical (unpaired) electrons. The number of amides is 1. The van der Waals surface area contributed by atoms with Crippen LogP contribution in [0.3, 0.4) is 0 Å². The van der Waals surface area contributed by atoms with Crippen molar-refractivity contribution in [2.24, 2.45) is 5.10 Å². The largest absolute Gasteiger partial charge is 0.462 e. The minimum absolute atomic E-state index is 0.252. The normalized spacial score (nSPS) is 10.7. The molecule has 0 saturated heterocycles. The Balaban J connectivity index is 2.97. The summed E-state index contributed by atoms with van der Waals surface area (Å²) in [6.45, 7) is 7.04. The molecule has 0 aliphatic rings. The summed E-state index contributed by atoms with van der Waals surface area (Å²) in [6, 6.07) is 0. The third-order valence-electron chi connectivity index (χ3n) is 2.37. The van der Waals surface area contributed by atoms with E-state index >= 15 is 0 Å². The Hall–Kier alpha value is -2.11. The Morgan fingerprint density at radius 3 is 2.67 bits per heavy atom. The van der Waals surface area contributed by atoms with E-state index in [1.54, 1.807) is 20.8 Å². The Morgan fingerprint density at radius 2 is 2.11 bits per heavy atom. The van der Waals surface area contributed by atoms with Crippen LogP contribution in [0.1, 0.15) is 41.2 Å². The van der Waals surface area contributed by atoms with Gasteiger partial charge < -0.3 is 9.72 Å². The van der Waals surface area contributed by atoms with Crippen LogP contribution in [-0.2, 0) is 9.53 Å². The number of nitrogens with zero attached hydrogens (tertiary/aromatic N) is 1. The summed E-state index contributed by atoms with van der Waals surface area (Å²) in [4.78, 5) is 25.4. The summed E-state index contributed by atoms with van der Waals surface area (Å²) in [5.74, 6) is -0.610. The maximum Gasteiger partial charge on any atom is 0.340 e. The number of aromatic amines is 1. The molecule has 0 aliphatic heterocycles. The summed E-state index contributed by atoms with van der Waals surface area (Å²) < 4.78 is 4.97. The zero-order valence-corrected chi connectivity index (χ0v) is 11.0. The monoisotopic (exact) mass is 251 g/mol.